The molecule has 2 aromatic rings. The van der Waals surface area contributed by atoms with Gasteiger partial charge in [-0.2, -0.15) is 5.10 Å². The van der Waals surface area contributed by atoms with E-state index in [1.807, 2.05) is 17.1 Å². The normalized spacial score (nSPS) is 13.0. The van der Waals surface area contributed by atoms with Gasteiger partial charge in [-0.15, -0.1) is 11.3 Å². The maximum atomic E-state index is 6.41. The van der Waals surface area contributed by atoms with Crippen molar-refractivity contribution < 1.29 is 0 Å². The van der Waals surface area contributed by atoms with E-state index >= 15 is 0 Å². The lowest BCUT2D eigenvalue weighted by molar-refractivity contribution is 0.366. The number of rotatable bonds is 7. The lowest BCUT2D eigenvalue weighted by atomic mass is 10.1. The predicted octanol–water partition coefficient (Wildman–Crippen LogP) is 2.56. The first-order valence-corrected chi connectivity index (χ1v) is 8.29. The minimum absolute atomic E-state index is 0.0414. The predicted molar refractivity (Wildman–Crippen MR) is 88.2 cm³/mol. The smallest absolute Gasteiger partial charge is 0.0875 e. The molecule has 0 saturated carbocycles. The third-order valence-electron chi connectivity index (χ3n) is 3.32. The van der Waals surface area contributed by atoms with E-state index in [1.165, 1.54) is 4.88 Å². The Morgan fingerprint density at radius 1 is 1.48 bits per heavy atom. The molecule has 0 spiro atoms. The number of nitrogens with zero attached hydrogens (tertiary/aromatic N) is 4. The van der Waals surface area contributed by atoms with Crippen molar-refractivity contribution in [3.8, 4) is 0 Å². The van der Waals surface area contributed by atoms with Crippen LogP contribution in [0.2, 0.25) is 5.02 Å². The number of nitrogens with one attached hydrogen (secondary N) is 1. The Labute approximate surface area is 134 Å². The van der Waals surface area contributed by atoms with Gasteiger partial charge in [0.1, 0.15) is 0 Å². The van der Waals surface area contributed by atoms with Crippen LogP contribution >= 0.6 is 22.9 Å². The molecule has 21 heavy (non-hydrogen) atoms. The molecule has 0 aliphatic carbocycles. The molecular formula is C14H22ClN5S. The van der Waals surface area contributed by atoms with E-state index < -0.39 is 0 Å². The van der Waals surface area contributed by atoms with Crippen LogP contribution in [0, 0.1) is 6.92 Å². The van der Waals surface area contributed by atoms with Crippen LogP contribution in [-0.2, 0) is 6.54 Å². The van der Waals surface area contributed by atoms with E-state index in [9.17, 15) is 0 Å². The van der Waals surface area contributed by atoms with Gasteiger partial charge in [0.2, 0.25) is 0 Å². The molecule has 1 unspecified atom stereocenters. The second-order valence-corrected chi connectivity index (χ2v) is 6.49. The maximum Gasteiger partial charge on any atom is 0.0875 e. The van der Waals surface area contributed by atoms with Gasteiger partial charge in [0, 0.05) is 6.54 Å². The van der Waals surface area contributed by atoms with Gasteiger partial charge in [0.25, 0.3) is 0 Å². The Balaban J connectivity index is 2.36. The van der Waals surface area contributed by atoms with E-state index in [1.54, 1.807) is 17.5 Å². The summed E-state index contributed by atoms with van der Waals surface area (Å²) < 4.78 is 1.99. The van der Waals surface area contributed by atoms with E-state index in [4.69, 9.17) is 11.6 Å². The van der Waals surface area contributed by atoms with E-state index in [-0.39, 0.29) is 6.04 Å². The van der Waals surface area contributed by atoms with E-state index in [0.29, 0.717) is 5.02 Å². The third-order valence-corrected chi connectivity index (χ3v) is 4.61. The van der Waals surface area contributed by atoms with Gasteiger partial charge in [0.05, 0.1) is 45.6 Å². The Kier molecular flexibility index (Phi) is 5.75. The van der Waals surface area contributed by atoms with Gasteiger partial charge >= 0.3 is 0 Å². The molecule has 1 atom stereocenters. The fraction of sp³-hybridized carbons (Fsp3) is 0.571. The molecule has 0 bridgehead atoms. The van der Waals surface area contributed by atoms with Gasteiger partial charge in [-0.1, -0.05) is 18.5 Å². The summed E-state index contributed by atoms with van der Waals surface area (Å²) >= 11 is 8.06. The second kappa shape index (κ2) is 7.35. The molecule has 0 aromatic carbocycles. The van der Waals surface area contributed by atoms with Crippen molar-refractivity contribution in [3.63, 3.8) is 0 Å². The summed E-state index contributed by atoms with van der Waals surface area (Å²) in [5, 5.41) is 8.64. The molecule has 7 heteroatoms. The molecule has 116 valence electrons. The lowest BCUT2D eigenvalue weighted by Crippen LogP contribution is -2.27. The largest absolute Gasteiger partial charge is 0.308 e. The quantitative estimate of drug-likeness (QED) is 0.849. The zero-order valence-corrected chi connectivity index (χ0v) is 14.5. The summed E-state index contributed by atoms with van der Waals surface area (Å²) in [5.74, 6) is 0. The molecule has 0 radical (unpaired) electrons. The second-order valence-electron chi connectivity index (χ2n) is 5.20. The number of aryl methyl sites for hydroxylation is 1. The van der Waals surface area contributed by atoms with Crippen LogP contribution in [0.25, 0.3) is 0 Å². The Hall–Kier alpha value is -0.950. The molecule has 0 aliphatic heterocycles. The highest BCUT2D eigenvalue weighted by Crippen LogP contribution is 2.32. The van der Waals surface area contributed by atoms with Crippen LogP contribution in [0.5, 0.6) is 0 Å². The fourth-order valence-corrected chi connectivity index (χ4v) is 3.37. The van der Waals surface area contributed by atoms with Crippen molar-refractivity contribution in [1.82, 2.24) is 25.0 Å². The van der Waals surface area contributed by atoms with Gasteiger partial charge in [-0.3, -0.25) is 4.68 Å². The fourth-order valence-electron chi connectivity index (χ4n) is 2.24. The lowest BCUT2D eigenvalue weighted by Gasteiger charge is -2.20. The van der Waals surface area contributed by atoms with Gasteiger partial charge in [-0.05, 0) is 27.6 Å². The summed E-state index contributed by atoms with van der Waals surface area (Å²) in [4.78, 5) is 7.70. The first kappa shape index (κ1) is 16.4. The Morgan fingerprint density at radius 2 is 2.24 bits per heavy atom. The van der Waals surface area contributed by atoms with E-state index in [2.05, 4.69) is 41.3 Å². The minimum Gasteiger partial charge on any atom is -0.308 e. The number of hydrogen-bond acceptors (Lipinski definition) is 5. The topological polar surface area (TPSA) is 46.0 Å². The first-order chi connectivity index (χ1) is 10.0. The highest BCUT2D eigenvalue weighted by molar-refractivity contribution is 7.09. The molecule has 2 heterocycles. The molecular weight excluding hydrogens is 306 g/mol. The van der Waals surface area contributed by atoms with Crippen LogP contribution < -0.4 is 5.32 Å². The highest BCUT2D eigenvalue weighted by atomic mass is 35.5. The average molecular weight is 328 g/mol. The van der Waals surface area contributed by atoms with Crippen molar-refractivity contribution >= 4 is 22.9 Å². The minimum atomic E-state index is 0.0414. The van der Waals surface area contributed by atoms with E-state index in [0.717, 1.165) is 31.0 Å². The zero-order valence-electron chi connectivity index (χ0n) is 12.9. The number of hydrogen-bond donors (Lipinski definition) is 1. The molecule has 1 N–H and O–H groups in total. The van der Waals surface area contributed by atoms with Crippen molar-refractivity contribution in [2.24, 2.45) is 0 Å². The number of thiazole rings is 1. The van der Waals surface area contributed by atoms with Crippen LogP contribution in [0.15, 0.2) is 11.7 Å². The summed E-state index contributed by atoms with van der Waals surface area (Å²) in [6.07, 6.45) is 1.73. The Morgan fingerprint density at radius 3 is 2.81 bits per heavy atom. The summed E-state index contributed by atoms with van der Waals surface area (Å²) in [5.41, 5.74) is 3.94. The molecule has 0 saturated heterocycles. The summed E-state index contributed by atoms with van der Waals surface area (Å²) in [6, 6.07) is 0.0414. The number of halogens is 1. The molecule has 0 amide bonds. The van der Waals surface area contributed by atoms with Gasteiger partial charge in [-0.25, -0.2) is 4.98 Å². The molecule has 2 rings (SSSR count). The highest BCUT2D eigenvalue weighted by Gasteiger charge is 2.24. The van der Waals surface area contributed by atoms with Crippen molar-refractivity contribution in [1.29, 1.82) is 0 Å². The van der Waals surface area contributed by atoms with Crippen molar-refractivity contribution in [3.05, 3.63) is 33.0 Å². The Bertz CT molecular complexity index is 578. The molecule has 0 aliphatic rings. The van der Waals surface area contributed by atoms with Crippen molar-refractivity contribution in [2.45, 2.75) is 26.4 Å². The number of likely N-dealkylation sites (N-methyl/N-ethyl adjacent to an activating group) is 1. The van der Waals surface area contributed by atoms with Gasteiger partial charge < -0.3 is 10.2 Å². The van der Waals surface area contributed by atoms with Crippen molar-refractivity contribution in [2.75, 3.05) is 27.2 Å². The SMILES string of the molecule is CCNC(c1scnc1C)c1c(Cl)cnn1CCN(C)C. The van der Waals surface area contributed by atoms with Crippen LogP contribution in [0.1, 0.15) is 29.2 Å². The first-order valence-electron chi connectivity index (χ1n) is 7.03. The monoisotopic (exact) mass is 327 g/mol. The van der Waals surface area contributed by atoms with Crippen LogP contribution in [0.3, 0.4) is 0 Å². The molecule has 5 nitrogen and oxygen atoms in total. The molecule has 2 aromatic heterocycles. The van der Waals surface area contributed by atoms with Crippen LogP contribution in [-0.4, -0.2) is 46.8 Å². The average Bonchev–Trinajstić information content (AvgIpc) is 3.00. The zero-order chi connectivity index (χ0) is 15.4. The summed E-state index contributed by atoms with van der Waals surface area (Å²) in [7, 11) is 4.11. The number of aromatic nitrogens is 3. The standard InChI is InChI=1S/C14H22ClN5S/c1-5-16-12(14-10(2)17-9-21-14)13-11(15)8-18-20(13)7-6-19(3)4/h8-9,12,16H,5-7H2,1-4H3. The molecule has 0 fully saturated rings. The third kappa shape index (κ3) is 3.83. The van der Waals surface area contributed by atoms with Crippen LogP contribution in [0.4, 0.5) is 0 Å². The summed E-state index contributed by atoms with van der Waals surface area (Å²) in [6.45, 7) is 6.72. The van der Waals surface area contributed by atoms with Gasteiger partial charge in [0.15, 0.2) is 0 Å². The maximum absolute atomic E-state index is 6.41.